The maximum atomic E-state index is 12.0. The predicted molar refractivity (Wildman–Crippen MR) is 79.2 cm³/mol. The molecule has 2 aromatic rings. The molecule has 0 aliphatic carbocycles. The summed E-state index contributed by atoms with van der Waals surface area (Å²) in [4.78, 5) is 15.9. The molecule has 98 valence electrons. The van der Waals surface area contributed by atoms with Crippen LogP contribution in [0.2, 0.25) is 0 Å². The maximum Gasteiger partial charge on any atom is 0.251 e. The predicted octanol–water partition coefficient (Wildman–Crippen LogP) is 3.13. The molecule has 0 atom stereocenters. The van der Waals surface area contributed by atoms with Gasteiger partial charge in [-0.3, -0.25) is 9.78 Å². The third-order valence-corrected chi connectivity index (χ3v) is 3.74. The Balaban J connectivity index is 1.89. The fraction of sp³-hybridized carbons (Fsp3) is 0.200. The van der Waals surface area contributed by atoms with Gasteiger partial charge >= 0.3 is 0 Å². The highest BCUT2D eigenvalue weighted by atomic mass is 79.9. The number of carbonyl (C=O) groups is 1. The number of carbonyl (C=O) groups excluding carboxylic acids is 1. The largest absolute Gasteiger partial charge is 0.352 e. The molecule has 1 N–H and O–H groups in total. The molecule has 0 unspecified atom stereocenters. The summed E-state index contributed by atoms with van der Waals surface area (Å²) < 4.78 is 0.953. The van der Waals surface area contributed by atoms with E-state index < -0.39 is 0 Å². The molecule has 0 aliphatic heterocycles. The van der Waals surface area contributed by atoms with Gasteiger partial charge in [0, 0.05) is 29.0 Å². The van der Waals surface area contributed by atoms with Crippen molar-refractivity contribution in [3.8, 4) is 0 Å². The van der Waals surface area contributed by atoms with E-state index in [2.05, 4.69) is 26.2 Å². The molecule has 3 nitrogen and oxygen atoms in total. The Kier molecular flexibility index (Phi) is 4.68. The second-order valence-corrected chi connectivity index (χ2v) is 5.18. The van der Waals surface area contributed by atoms with E-state index in [0.29, 0.717) is 12.1 Å². The lowest BCUT2D eigenvalue weighted by molar-refractivity contribution is 0.0954. The van der Waals surface area contributed by atoms with Gasteiger partial charge in [-0.25, -0.2) is 0 Å². The fourth-order valence-electron chi connectivity index (χ4n) is 1.71. The molecule has 0 fully saturated rings. The smallest absolute Gasteiger partial charge is 0.251 e. The Hall–Kier alpha value is -1.68. The van der Waals surface area contributed by atoms with Gasteiger partial charge in [0.05, 0.1) is 0 Å². The molecular formula is C15H15BrN2O. The maximum absolute atomic E-state index is 12.0. The van der Waals surface area contributed by atoms with Crippen molar-refractivity contribution in [2.24, 2.45) is 0 Å². The van der Waals surface area contributed by atoms with Crippen LogP contribution in [-0.2, 0) is 6.42 Å². The van der Waals surface area contributed by atoms with Crippen molar-refractivity contribution in [1.29, 1.82) is 0 Å². The summed E-state index contributed by atoms with van der Waals surface area (Å²) in [7, 11) is 0. The number of aromatic nitrogens is 1. The quantitative estimate of drug-likeness (QED) is 0.941. The lowest BCUT2D eigenvalue weighted by Crippen LogP contribution is -2.25. The van der Waals surface area contributed by atoms with Crippen molar-refractivity contribution in [3.05, 3.63) is 63.9 Å². The Bertz CT molecular complexity index is 570. The lowest BCUT2D eigenvalue weighted by atomic mass is 10.1. The zero-order valence-corrected chi connectivity index (χ0v) is 12.3. The standard InChI is InChI=1S/C15H15BrN2O/c1-11-2-3-13(10-14(11)16)15(19)18-9-6-12-4-7-17-8-5-12/h2-5,7-8,10H,6,9H2,1H3,(H,18,19). The van der Waals surface area contributed by atoms with E-state index in [0.717, 1.165) is 16.5 Å². The van der Waals surface area contributed by atoms with Gasteiger partial charge in [-0.1, -0.05) is 22.0 Å². The van der Waals surface area contributed by atoms with Gasteiger partial charge in [-0.15, -0.1) is 0 Å². The van der Waals surface area contributed by atoms with Crippen molar-refractivity contribution in [1.82, 2.24) is 10.3 Å². The summed E-state index contributed by atoms with van der Waals surface area (Å²) in [6.07, 6.45) is 4.32. The molecule has 2 rings (SSSR count). The molecule has 0 saturated carbocycles. The molecule has 1 heterocycles. The number of pyridine rings is 1. The third kappa shape index (κ3) is 3.89. The summed E-state index contributed by atoms with van der Waals surface area (Å²) in [6, 6.07) is 9.52. The molecule has 0 spiro atoms. The van der Waals surface area contributed by atoms with Crippen LogP contribution < -0.4 is 5.32 Å². The molecule has 0 bridgehead atoms. The van der Waals surface area contributed by atoms with Gasteiger partial charge < -0.3 is 5.32 Å². The Labute approximate surface area is 121 Å². The van der Waals surface area contributed by atoms with Gasteiger partial charge in [0.2, 0.25) is 0 Å². The molecule has 19 heavy (non-hydrogen) atoms. The van der Waals surface area contributed by atoms with Gasteiger partial charge in [-0.05, 0) is 48.7 Å². The van der Waals surface area contributed by atoms with Crippen LogP contribution in [0.5, 0.6) is 0 Å². The molecule has 1 aromatic heterocycles. The zero-order chi connectivity index (χ0) is 13.7. The minimum absolute atomic E-state index is 0.0465. The van der Waals surface area contributed by atoms with E-state index in [1.807, 2.05) is 37.3 Å². The number of hydrogen-bond donors (Lipinski definition) is 1. The monoisotopic (exact) mass is 318 g/mol. The van der Waals surface area contributed by atoms with Crippen molar-refractivity contribution in [3.63, 3.8) is 0 Å². The SMILES string of the molecule is Cc1ccc(C(=O)NCCc2ccncc2)cc1Br. The first kappa shape index (κ1) is 13.7. The minimum Gasteiger partial charge on any atom is -0.352 e. The highest BCUT2D eigenvalue weighted by molar-refractivity contribution is 9.10. The van der Waals surface area contributed by atoms with E-state index in [9.17, 15) is 4.79 Å². The number of amides is 1. The second-order valence-electron chi connectivity index (χ2n) is 4.33. The summed E-state index contributed by atoms with van der Waals surface area (Å²) >= 11 is 3.43. The van der Waals surface area contributed by atoms with Gasteiger partial charge in [0.25, 0.3) is 5.91 Å². The summed E-state index contributed by atoms with van der Waals surface area (Å²) in [5.74, 6) is -0.0465. The van der Waals surface area contributed by atoms with Gasteiger partial charge in [-0.2, -0.15) is 0 Å². The first-order valence-corrected chi connectivity index (χ1v) is 6.89. The van der Waals surface area contributed by atoms with Gasteiger partial charge in [0.1, 0.15) is 0 Å². The highest BCUT2D eigenvalue weighted by Gasteiger charge is 2.06. The minimum atomic E-state index is -0.0465. The van der Waals surface area contributed by atoms with Crippen LogP contribution in [0.4, 0.5) is 0 Å². The topological polar surface area (TPSA) is 42.0 Å². The molecule has 0 aliphatic rings. The van der Waals surface area contributed by atoms with E-state index >= 15 is 0 Å². The normalized spacial score (nSPS) is 10.2. The van der Waals surface area contributed by atoms with Crippen LogP contribution in [0.3, 0.4) is 0 Å². The number of hydrogen-bond acceptors (Lipinski definition) is 2. The van der Waals surface area contributed by atoms with E-state index in [1.165, 1.54) is 5.56 Å². The van der Waals surface area contributed by atoms with Crippen LogP contribution in [0.25, 0.3) is 0 Å². The van der Waals surface area contributed by atoms with Crippen LogP contribution >= 0.6 is 15.9 Å². The fourth-order valence-corrected chi connectivity index (χ4v) is 2.08. The highest BCUT2D eigenvalue weighted by Crippen LogP contribution is 2.17. The number of nitrogens with zero attached hydrogens (tertiary/aromatic N) is 1. The second kappa shape index (κ2) is 6.48. The third-order valence-electron chi connectivity index (χ3n) is 2.88. The number of nitrogens with one attached hydrogen (secondary N) is 1. The van der Waals surface area contributed by atoms with E-state index in [-0.39, 0.29) is 5.91 Å². The number of halogens is 1. The van der Waals surface area contributed by atoms with Crippen molar-refractivity contribution in [2.75, 3.05) is 6.54 Å². The van der Waals surface area contributed by atoms with E-state index in [4.69, 9.17) is 0 Å². The summed E-state index contributed by atoms with van der Waals surface area (Å²) in [5.41, 5.74) is 2.96. The molecule has 4 heteroatoms. The number of rotatable bonds is 4. The molecule has 0 radical (unpaired) electrons. The van der Waals surface area contributed by atoms with Crippen LogP contribution in [0.15, 0.2) is 47.2 Å². The van der Waals surface area contributed by atoms with Crippen LogP contribution in [0.1, 0.15) is 21.5 Å². The van der Waals surface area contributed by atoms with E-state index in [1.54, 1.807) is 12.4 Å². The Morgan fingerprint density at radius 1 is 1.26 bits per heavy atom. The molecule has 1 amide bonds. The van der Waals surface area contributed by atoms with Crippen LogP contribution in [-0.4, -0.2) is 17.4 Å². The number of benzene rings is 1. The van der Waals surface area contributed by atoms with Crippen molar-refractivity contribution < 1.29 is 4.79 Å². The summed E-state index contributed by atoms with van der Waals surface area (Å²) in [6.45, 7) is 2.61. The average Bonchev–Trinajstić information content (AvgIpc) is 2.43. The number of aryl methyl sites for hydroxylation is 1. The molecule has 1 aromatic carbocycles. The Morgan fingerprint density at radius 2 is 2.00 bits per heavy atom. The Morgan fingerprint density at radius 3 is 2.68 bits per heavy atom. The molecule has 0 saturated heterocycles. The summed E-state index contributed by atoms with van der Waals surface area (Å²) in [5, 5.41) is 2.91. The average molecular weight is 319 g/mol. The molecular weight excluding hydrogens is 304 g/mol. The van der Waals surface area contributed by atoms with Crippen molar-refractivity contribution in [2.45, 2.75) is 13.3 Å². The first-order chi connectivity index (χ1) is 9.16. The first-order valence-electron chi connectivity index (χ1n) is 6.10. The van der Waals surface area contributed by atoms with Gasteiger partial charge in [0.15, 0.2) is 0 Å². The van der Waals surface area contributed by atoms with Crippen molar-refractivity contribution >= 4 is 21.8 Å². The lowest BCUT2D eigenvalue weighted by Gasteiger charge is -2.06. The zero-order valence-electron chi connectivity index (χ0n) is 10.7. The van der Waals surface area contributed by atoms with Crippen LogP contribution in [0, 0.1) is 6.92 Å².